The van der Waals surface area contributed by atoms with Gasteiger partial charge in [0.2, 0.25) is 0 Å². The monoisotopic (exact) mass is 272 g/mol. The van der Waals surface area contributed by atoms with Crippen LogP contribution in [0.25, 0.3) is 0 Å². The van der Waals surface area contributed by atoms with E-state index in [1.807, 2.05) is 0 Å². The molecule has 0 amide bonds. The molecule has 3 aliphatic rings. The zero-order chi connectivity index (χ0) is 13.2. The highest BCUT2D eigenvalue weighted by Crippen LogP contribution is 2.41. The molecule has 1 heterocycles. The lowest BCUT2D eigenvalue weighted by Crippen LogP contribution is -2.45. The van der Waals surface area contributed by atoms with Gasteiger partial charge in [0.25, 0.3) is 0 Å². The Kier molecular flexibility index (Phi) is 4.10. The van der Waals surface area contributed by atoms with Gasteiger partial charge in [0, 0.05) is 25.7 Å². The summed E-state index contributed by atoms with van der Waals surface area (Å²) >= 11 is 0. The molecule has 0 bridgehead atoms. The van der Waals surface area contributed by atoms with Crippen LogP contribution in [-0.2, 0) is 19.2 Å². The quantitative estimate of drug-likeness (QED) is 0.485. The Morgan fingerprint density at radius 1 is 0.895 bits per heavy atom. The normalized spacial score (nSPS) is 30.8. The van der Waals surface area contributed by atoms with Crippen molar-refractivity contribution in [3.8, 4) is 0 Å². The maximum atomic E-state index is 10.4. The van der Waals surface area contributed by atoms with Crippen LogP contribution in [0.1, 0.15) is 57.8 Å². The Labute approximate surface area is 114 Å². The Hall–Kier alpha value is -0.200. The first-order valence-electron chi connectivity index (χ1n) is 7.55. The van der Waals surface area contributed by atoms with Crippen molar-refractivity contribution in [3.05, 3.63) is 0 Å². The van der Waals surface area contributed by atoms with Crippen molar-refractivity contribution in [3.63, 3.8) is 0 Å². The third kappa shape index (κ3) is 3.28. The highest BCUT2D eigenvalue weighted by molar-refractivity contribution is 4.86. The number of ether oxygens (including phenoxy) is 2. The average molecular weight is 272 g/mol. The van der Waals surface area contributed by atoms with Gasteiger partial charge >= 0.3 is 0 Å². The first-order chi connectivity index (χ1) is 9.20. The van der Waals surface area contributed by atoms with Crippen LogP contribution in [0.4, 0.5) is 0 Å². The SMILES string of the molecule is OC1(OOC2CCCCC2)CCC2(CC1)OCCO2. The summed E-state index contributed by atoms with van der Waals surface area (Å²) in [6.07, 6.45) is 8.20. The van der Waals surface area contributed by atoms with Gasteiger partial charge in [-0.25, -0.2) is 9.78 Å². The van der Waals surface area contributed by atoms with E-state index in [2.05, 4.69) is 0 Å². The van der Waals surface area contributed by atoms with Gasteiger partial charge in [0.15, 0.2) is 11.6 Å². The van der Waals surface area contributed by atoms with E-state index in [0.29, 0.717) is 38.9 Å². The van der Waals surface area contributed by atoms with Crippen molar-refractivity contribution in [2.45, 2.75) is 75.5 Å². The third-order valence-electron chi connectivity index (χ3n) is 4.50. The molecule has 0 aromatic rings. The molecule has 1 spiro atoms. The van der Waals surface area contributed by atoms with Crippen molar-refractivity contribution >= 4 is 0 Å². The fraction of sp³-hybridized carbons (Fsp3) is 1.00. The average Bonchev–Trinajstić information content (AvgIpc) is 2.91. The summed E-state index contributed by atoms with van der Waals surface area (Å²) in [6, 6.07) is 0. The molecule has 5 heteroatoms. The first kappa shape index (κ1) is 13.8. The molecule has 2 aliphatic carbocycles. The van der Waals surface area contributed by atoms with Crippen molar-refractivity contribution in [1.29, 1.82) is 0 Å². The van der Waals surface area contributed by atoms with E-state index in [0.717, 1.165) is 12.8 Å². The van der Waals surface area contributed by atoms with Crippen LogP contribution in [0.15, 0.2) is 0 Å². The Balaban J connectivity index is 1.45. The summed E-state index contributed by atoms with van der Waals surface area (Å²) in [5.41, 5.74) is 0. The lowest BCUT2D eigenvalue weighted by molar-refractivity contribution is -0.451. The fourth-order valence-electron chi connectivity index (χ4n) is 3.21. The first-order valence-corrected chi connectivity index (χ1v) is 7.55. The van der Waals surface area contributed by atoms with Crippen molar-refractivity contribution < 1.29 is 24.4 Å². The van der Waals surface area contributed by atoms with E-state index >= 15 is 0 Å². The molecule has 0 aromatic carbocycles. The van der Waals surface area contributed by atoms with Crippen LogP contribution in [0.5, 0.6) is 0 Å². The van der Waals surface area contributed by atoms with Gasteiger partial charge in [0.05, 0.1) is 19.3 Å². The van der Waals surface area contributed by atoms with E-state index in [9.17, 15) is 5.11 Å². The lowest BCUT2D eigenvalue weighted by Gasteiger charge is -2.39. The van der Waals surface area contributed by atoms with Gasteiger partial charge in [-0.15, -0.1) is 0 Å². The molecule has 1 aliphatic heterocycles. The molecule has 110 valence electrons. The lowest BCUT2D eigenvalue weighted by atomic mass is 9.89. The Morgan fingerprint density at radius 2 is 1.53 bits per heavy atom. The molecule has 3 rings (SSSR count). The van der Waals surface area contributed by atoms with Crippen molar-refractivity contribution in [1.82, 2.24) is 0 Å². The minimum absolute atomic E-state index is 0.146. The second kappa shape index (κ2) is 5.66. The summed E-state index contributed by atoms with van der Waals surface area (Å²) in [6.45, 7) is 1.30. The maximum absolute atomic E-state index is 10.4. The van der Waals surface area contributed by atoms with Gasteiger partial charge < -0.3 is 14.6 Å². The van der Waals surface area contributed by atoms with Gasteiger partial charge in [-0.05, 0) is 12.8 Å². The number of hydrogen-bond acceptors (Lipinski definition) is 5. The van der Waals surface area contributed by atoms with Crippen LogP contribution >= 0.6 is 0 Å². The smallest absolute Gasteiger partial charge is 0.199 e. The molecule has 0 atom stereocenters. The van der Waals surface area contributed by atoms with E-state index in [4.69, 9.17) is 19.2 Å². The summed E-state index contributed by atoms with van der Waals surface area (Å²) in [5, 5.41) is 10.4. The fourth-order valence-corrected chi connectivity index (χ4v) is 3.21. The summed E-state index contributed by atoms with van der Waals surface area (Å²) in [7, 11) is 0. The van der Waals surface area contributed by atoms with Gasteiger partial charge in [-0.1, -0.05) is 19.3 Å². The molecule has 0 radical (unpaired) electrons. The van der Waals surface area contributed by atoms with Gasteiger partial charge in [0.1, 0.15) is 0 Å². The second-order valence-electron chi connectivity index (χ2n) is 5.99. The maximum Gasteiger partial charge on any atom is 0.199 e. The number of rotatable bonds is 3. The molecule has 1 N–H and O–H groups in total. The van der Waals surface area contributed by atoms with Crippen LogP contribution in [0, 0.1) is 0 Å². The van der Waals surface area contributed by atoms with E-state index in [1.54, 1.807) is 0 Å². The predicted octanol–water partition coefficient (Wildman–Crippen LogP) is 2.27. The summed E-state index contributed by atoms with van der Waals surface area (Å²) in [5.74, 6) is -1.64. The highest BCUT2D eigenvalue weighted by Gasteiger charge is 2.47. The Bertz CT molecular complexity index is 284. The van der Waals surface area contributed by atoms with Crippen LogP contribution in [0.2, 0.25) is 0 Å². The molecule has 1 saturated heterocycles. The van der Waals surface area contributed by atoms with Crippen LogP contribution < -0.4 is 0 Å². The summed E-state index contributed by atoms with van der Waals surface area (Å²) in [4.78, 5) is 10.8. The summed E-state index contributed by atoms with van der Waals surface area (Å²) < 4.78 is 11.3. The predicted molar refractivity (Wildman–Crippen MR) is 67.1 cm³/mol. The molecular formula is C14H24O5. The standard InChI is InChI=1S/C14H24O5/c15-13(19-18-12-4-2-1-3-5-12)6-8-14(9-7-13)16-10-11-17-14/h12,15H,1-11H2. The van der Waals surface area contributed by atoms with Crippen molar-refractivity contribution in [2.75, 3.05) is 13.2 Å². The highest BCUT2D eigenvalue weighted by atomic mass is 17.2. The van der Waals surface area contributed by atoms with Crippen LogP contribution in [0.3, 0.4) is 0 Å². The zero-order valence-corrected chi connectivity index (χ0v) is 11.4. The molecular weight excluding hydrogens is 248 g/mol. The second-order valence-corrected chi connectivity index (χ2v) is 5.99. The largest absolute Gasteiger partial charge is 0.363 e. The van der Waals surface area contributed by atoms with Gasteiger partial charge in [-0.2, -0.15) is 0 Å². The molecule has 5 nitrogen and oxygen atoms in total. The Morgan fingerprint density at radius 3 is 2.16 bits per heavy atom. The molecule has 0 aromatic heterocycles. The van der Waals surface area contributed by atoms with Crippen LogP contribution in [-0.4, -0.2) is 36.0 Å². The molecule has 3 fully saturated rings. The molecule has 2 saturated carbocycles. The topological polar surface area (TPSA) is 57.2 Å². The van der Waals surface area contributed by atoms with Gasteiger partial charge in [-0.3, -0.25) is 0 Å². The number of hydrogen-bond donors (Lipinski definition) is 1. The minimum Gasteiger partial charge on any atom is -0.363 e. The zero-order valence-electron chi connectivity index (χ0n) is 11.4. The molecule has 19 heavy (non-hydrogen) atoms. The minimum atomic E-state index is -1.17. The number of aliphatic hydroxyl groups is 1. The van der Waals surface area contributed by atoms with E-state index < -0.39 is 11.6 Å². The van der Waals surface area contributed by atoms with E-state index in [-0.39, 0.29) is 6.10 Å². The van der Waals surface area contributed by atoms with E-state index in [1.165, 1.54) is 19.3 Å². The molecule has 0 unspecified atom stereocenters. The van der Waals surface area contributed by atoms with Crippen molar-refractivity contribution in [2.24, 2.45) is 0 Å². The third-order valence-corrected chi connectivity index (χ3v) is 4.50.